The van der Waals surface area contributed by atoms with Crippen LogP contribution >= 0.6 is 0 Å². The fourth-order valence-corrected chi connectivity index (χ4v) is 6.19. The third kappa shape index (κ3) is 6.76. The van der Waals surface area contributed by atoms with Crippen molar-refractivity contribution in [2.24, 2.45) is 5.92 Å². The summed E-state index contributed by atoms with van der Waals surface area (Å²) in [6.07, 6.45) is 6.95. The topological polar surface area (TPSA) is 91.8 Å². The predicted octanol–water partition coefficient (Wildman–Crippen LogP) is 2.93. The molecule has 1 saturated carbocycles. The third-order valence-electron chi connectivity index (χ3n) is 6.89. The molecule has 1 aliphatic carbocycles. The minimum Gasteiger partial charge on any atom is -0.395 e. The Balaban J connectivity index is 1.36. The monoisotopic (exact) mass is 473 g/mol. The summed E-state index contributed by atoms with van der Waals surface area (Å²) in [7, 11) is -3.52. The van der Waals surface area contributed by atoms with Gasteiger partial charge < -0.3 is 14.7 Å². The molecule has 1 aromatic heterocycles. The van der Waals surface area contributed by atoms with Crippen LogP contribution in [0.3, 0.4) is 0 Å². The van der Waals surface area contributed by atoms with Crippen LogP contribution in [0.1, 0.15) is 43.6 Å². The molecular weight excluding hydrogens is 438 g/mol. The number of rotatable bonds is 9. The average molecular weight is 474 g/mol. The Morgan fingerprint density at radius 1 is 1.03 bits per heavy atom. The van der Waals surface area contributed by atoms with Crippen molar-refractivity contribution in [3.8, 4) is 0 Å². The second kappa shape index (κ2) is 11.4. The van der Waals surface area contributed by atoms with Crippen LogP contribution in [0.5, 0.6) is 0 Å². The zero-order valence-electron chi connectivity index (χ0n) is 19.1. The van der Waals surface area contributed by atoms with Crippen LogP contribution in [0.25, 0.3) is 0 Å². The zero-order chi connectivity index (χ0) is 23.1. The smallest absolute Gasteiger partial charge is 0.214 e. The van der Waals surface area contributed by atoms with Gasteiger partial charge in [0.05, 0.1) is 25.1 Å². The Bertz CT molecular complexity index is 950. The van der Waals surface area contributed by atoms with Gasteiger partial charge in [-0.2, -0.15) is 0 Å². The van der Waals surface area contributed by atoms with Gasteiger partial charge in [0.15, 0.2) is 0 Å². The number of ether oxygens (including phenoxy) is 1. The van der Waals surface area contributed by atoms with Crippen LogP contribution in [-0.2, 0) is 14.8 Å². The van der Waals surface area contributed by atoms with Crippen molar-refractivity contribution < 1.29 is 18.3 Å². The Morgan fingerprint density at radius 2 is 1.79 bits per heavy atom. The molecular formula is C25H35N3O4S. The van der Waals surface area contributed by atoms with Gasteiger partial charge in [0.2, 0.25) is 10.0 Å². The van der Waals surface area contributed by atoms with E-state index in [1.54, 1.807) is 6.20 Å². The number of hydrogen-bond donors (Lipinski definition) is 2. The van der Waals surface area contributed by atoms with E-state index in [1.807, 2.05) is 18.2 Å². The number of pyridine rings is 1. The quantitative estimate of drug-likeness (QED) is 0.582. The van der Waals surface area contributed by atoms with E-state index in [9.17, 15) is 8.42 Å². The number of nitrogens with zero attached hydrogens (tertiary/aromatic N) is 2. The lowest BCUT2D eigenvalue weighted by Gasteiger charge is -2.40. The van der Waals surface area contributed by atoms with E-state index in [4.69, 9.17) is 9.84 Å². The van der Waals surface area contributed by atoms with Crippen molar-refractivity contribution in [2.45, 2.75) is 50.2 Å². The Morgan fingerprint density at radius 3 is 2.48 bits per heavy atom. The largest absolute Gasteiger partial charge is 0.395 e. The summed E-state index contributed by atoms with van der Waals surface area (Å²) >= 11 is 0. The predicted molar refractivity (Wildman–Crippen MR) is 130 cm³/mol. The summed E-state index contributed by atoms with van der Waals surface area (Å²) in [6.45, 7) is 1.54. The van der Waals surface area contributed by atoms with E-state index in [0.29, 0.717) is 25.5 Å². The lowest BCUT2D eigenvalue weighted by atomic mass is 9.82. The van der Waals surface area contributed by atoms with Crippen LogP contribution in [0.4, 0.5) is 5.82 Å². The zero-order valence-corrected chi connectivity index (χ0v) is 19.9. The number of sulfonamides is 1. The van der Waals surface area contributed by atoms with Gasteiger partial charge in [-0.05, 0) is 55.7 Å². The molecule has 2 aromatic rings. The van der Waals surface area contributed by atoms with Crippen LogP contribution < -0.4 is 9.62 Å². The lowest BCUT2D eigenvalue weighted by Crippen LogP contribution is -2.53. The fourth-order valence-electron chi connectivity index (χ4n) is 5.06. The molecule has 0 bridgehead atoms. The molecule has 7 nitrogen and oxygen atoms in total. The number of aromatic nitrogens is 1. The number of aliphatic hydroxyl groups excluding tert-OH is 1. The molecule has 33 heavy (non-hydrogen) atoms. The number of anilines is 1. The van der Waals surface area contributed by atoms with Crippen LogP contribution in [0, 0.1) is 5.92 Å². The van der Waals surface area contributed by atoms with Crippen LogP contribution in [0.15, 0.2) is 54.7 Å². The normalized spacial score (nSPS) is 26.3. The fraction of sp³-hybridized carbons (Fsp3) is 0.560. The SMILES string of the molecule is O=S(=O)(CCO)N[C@H]1CCN(c2ccccn2)CC1COC1CCC(c2ccccc2)CC1. The maximum Gasteiger partial charge on any atom is 0.214 e. The standard InChI is InChI=1S/C25H35N3O4S/c29-16-17-33(30,31)27-24-13-15-28(25-8-4-5-14-26-25)18-22(24)19-32-23-11-9-21(10-12-23)20-6-2-1-3-7-20/h1-8,14,21-24,27,29H,9-13,15-19H2/t21?,22?,23?,24-/m0/s1. The molecule has 2 fully saturated rings. The van der Waals surface area contributed by atoms with Crippen molar-refractivity contribution in [1.29, 1.82) is 0 Å². The van der Waals surface area contributed by atoms with Gasteiger partial charge in [-0.15, -0.1) is 0 Å². The second-order valence-electron chi connectivity index (χ2n) is 9.17. The van der Waals surface area contributed by atoms with Gasteiger partial charge in [0, 0.05) is 31.2 Å². The molecule has 1 saturated heterocycles. The highest BCUT2D eigenvalue weighted by molar-refractivity contribution is 7.89. The molecule has 1 unspecified atom stereocenters. The third-order valence-corrected chi connectivity index (χ3v) is 8.27. The summed E-state index contributed by atoms with van der Waals surface area (Å²) in [6, 6.07) is 16.3. The van der Waals surface area contributed by atoms with Gasteiger partial charge in [0.25, 0.3) is 0 Å². The van der Waals surface area contributed by atoms with E-state index < -0.39 is 10.0 Å². The molecule has 0 radical (unpaired) electrons. The molecule has 4 rings (SSSR count). The average Bonchev–Trinajstić information content (AvgIpc) is 2.84. The van der Waals surface area contributed by atoms with Crippen molar-refractivity contribution in [3.05, 3.63) is 60.3 Å². The van der Waals surface area contributed by atoms with Crippen molar-refractivity contribution in [3.63, 3.8) is 0 Å². The number of aliphatic hydroxyl groups is 1. The van der Waals surface area contributed by atoms with E-state index in [0.717, 1.165) is 38.0 Å². The lowest BCUT2D eigenvalue weighted by molar-refractivity contribution is -0.00215. The molecule has 8 heteroatoms. The first-order valence-electron chi connectivity index (χ1n) is 12.0. The first-order valence-corrected chi connectivity index (χ1v) is 13.6. The molecule has 0 amide bonds. The summed E-state index contributed by atoms with van der Waals surface area (Å²) in [5.74, 6) is 1.24. The highest BCUT2D eigenvalue weighted by Gasteiger charge is 2.34. The molecule has 2 aliphatic rings. The molecule has 2 N–H and O–H groups in total. The van der Waals surface area contributed by atoms with E-state index in [-0.39, 0.29) is 30.4 Å². The van der Waals surface area contributed by atoms with E-state index in [2.05, 4.69) is 44.9 Å². The van der Waals surface area contributed by atoms with Gasteiger partial charge in [-0.3, -0.25) is 0 Å². The molecule has 0 spiro atoms. The van der Waals surface area contributed by atoms with Gasteiger partial charge in [-0.25, -0.2) is 18.1 Å². The number of benzene rings is 1. The molecule has 180 valence electrons. The maximum absolute atomic E-state index is 12.3. The minimum atomic E-state index is -3.52. The summed E-state index contributed by atoms with van der Waals surface area (Å²) in [4.78, 5) is 6.67. The van der Waals surface area contributed by atoms with E-state index >= 15 is 0 Å². The first kappa shape index (κ1) is 24.1. The van der Waals surface area contributed by atoms with Gasteiger partial charge in [-0.1, -0.05) is 36.4 Å². The molecule has 2 heterocycles. The van der Waals surface area contributed by atoms with Crippen molar-refractivity contribution >= 4 is 15.8 Å². The van der Waals surface area contributed by atoms with Crippen LogP contribution in [-0.4, -0.2) is 62.7 Å². The molecule has 1 aliphatic heterocycles. The first-order chi connectivity index (χ1) is 16.0. The van der Waals surface area contributed by atoms with Gasteiger partial charge >= 0.3 is 0 Å². The summed E-state index contributed by atoms with van der Waals surface area (Å²) in [5.41, 5.74) is 1.41. The Hall–Kier alpha value is -2.00. The number of piperidine rings is 1. The van der Waals surface area contributed by atoms with Crippen molar-refractivity contribution in [1.82, 2.24) is 9.71 Å². The van der Waals surface area contributed by atoms with E-state index in [1.165, 1.54) is 5.56 Å². The maximum atomic E-state index is 12.3. The highest BCUT2D eigenvalue weighted by Crippen LogP contribution is 2.34. The number of nitrogens with one attached hydrogen (secondary N) is 1. The summed E-state index contributed by atoms with van der Waals surface area (Å²) in [5, 5.41) is 9.10. The molecule has 2 atom stereocenters. The minimum absolute atomic E-state index is 0.0149. The molecule has 1 aromatic carbocycles. The summed E-state index contributed by atoms with van der Waals surface area (Å²) < 4.78 is 33.9. The number of hydrogen-bond acceptors (Lipinski definition) is 6. The van der Waals surface area contributed by atoms with Crippen molar-refractivity contribution in [2.75, 3.05) is 37.0 Å². The Labute approximate surface area is 197 Å². The van der Waals surface area contributed by atoms with Gasteiger partial charge in [0.1, 0.15) is 5.82 Å². The highest BCUT2D eigenvalue weighted by atomic mass is 32.2. The second-order valence-corrected chi connectivity index (χ2v) is 11.0. The Kier molecular flexibility index (Phi) is 8.35. The van der Waals surface area contributed by atoms with Crippen LogP contribution in [0.2, 0.25) is 0 Å².